The van der Waals surface area contributed by atoms with E-state index in [2.05, 4.69) is 4.98 Å². The van der Waals surface area contributed by atoms with Crippen molar-refractivity contribution in [3.63, 3.8) is 0 Å². The van der Waals surface area contributed by atoms with Crippen molar-refractivity contribution in [2.45, 2.75) is 57.7 Å². The predicted octanol–water partition coefficient (Wildman–Crippen LogP) is 5.60. The minimum absolute atomic E-state index is 0.0207. The van der Waals surface area contributed by atoms with Crippen LogP contribution in [0.2, 0.25) is 0 Å². The van der Waals surface area contributed by atoms with Gasteiger partial charge in [-0.2, -0.15) is 0 Å². The van der Waals surface area contributed by atoms with E-state index in [0.29, 0.717) is 10.9 Å². The third-order valence-electron chi connectivity index (χ3n) is 7.78. The first kappa shape index (κ1) is 30.0. The number of nitrogens with one attached hydrogen (secondary N) is 1. The molecule has 3 aromatic rings. The summed E-state index contributed by atoms with van der Waals surface area (Å²) in [5, 5.41) is 9.73. The van der Waals surface area contributed by atoms with Crippen molar-refractivity contribution in [3.05, 3.63) is 70.2 Å². The molecule has 0 bridgehead atoms. The zero-order chi connectivity index (χ0) is 30.7. The molecule has 0 aliphatic carbocycles. The number of ketones is 1. The van der Waals surface area contributed by atoms with Crippen LogP contribution in [-0.4, -0.2) is 75.6 Å². The first-order chi connectivity index (χ1) is 19.6. The van der Waals surface area contributed by atoms with Crippen LogP contribution in [0.25, 0.3) is 10.9 Å². The highest BCUT2D eigenvalue weighted by atomic mass is 19.3. The Bertz CT molecular complexity index is 1520. The number of carbonyl (C=O) groups is 2. The molecule has 1 saturated heterocycles. The van der Waals surface area contributed by atoms with Gasteiger partial charge >= 0.3 is 6.09 Å². The van der Waals surface area contributed by atoms with E-state index in [9.17, 15) is 27.9 Å². The van der Waals surface area contributed by atoms with Crippen molar-refractivity contribution in [1.82, 2.24) is 14.8 Å². The summed E-state index contributed by atoms with van der Waals surface area (Å²) in [6.45, 7) is 4.27. The number of nitrogens with zero attached hydrogens (tertiary/aromatic N) is 2. The van der Waals surface area contributed by atoms with Gasteiger partial charge in [0.05, 0.1) is 24.0 Å². The zero-order valence-electron chi connectivity index (χ0n) is 23.6. The number of likely N-dealkylation sites (tertiary alicyclic amines) is 1. The van der Waals surface area contributed by atoms with Gasteiger partial charge in [0, 0.05) is 41.3 Å². The molecule has 1 aromatic heterocycles. The molecule has 2 aliphatic heterocycles. The number of para-hydroxylation sites is 1. The molecule has 12 heteroatoms. The van der Waals surface area contributed by atoms with Crippen LogP contribution < -0.4 is 0 Å². The maximum absolute atomic E-state index is 15.8. The van der Waals surface area contributed by atoms with E-state index in [1.807, 2.05) is 0 Å². The first-order valence-electron chi connectivity index (χ1n) is 13.6. The number of aliphatic hydroxyl groups excluding tert-OH is 1. The van der Waals surface area contributed by atoms with Crippen molar-refractivity contribution in [3.8, 4) is 0 Å². The van der Waals surface area contributed by atoms with E-state index in [-0.39, 0.29) is 36.3 Å². The van der Waals surface area contributed by atoms with Crippen LogP contribution in [0, 0.1) is 23.4 Å². The normalized spacial score (nSPS) is 20.0. The third kappa shape index (κ3) is 5.49. The number of benzene rings is 2. The Kier molecular flexibility index (Phi) is 7.59. The Balaban J connectivity index is 1.51. The molecule has 5 rings (SSSR count). The molecular formula is C30H32F5N3O4. The van der Waals surface area contributed by atoms with Gasteiger partial charge in [0.25, 0.3) is 5.92 Å². The number of fused-ring (bicyclic) bond motifs is 3. The van der Waals surface area contributed by atoms with E-state index >= 15 is 8.78 Å². The van der Waals surface area contributed by atoms with E-state index in [0.717, 1.165) is 12.1 Å². The number of alkyl halides is 2. The number of hydrogen-bond donors (Lipinski definition) is 2. The van der Waals surface area contributed by atoms with Crippen LogP contribution in [-0.2, 0) is 11.2 Å². The summed E-state index contributed by atoms with van der Waals surface area (Å²) in [4.78, 5) is 30.6. The van der Waals surface area contributed by atoms with E-state index in [1.165, 1.54) is 21.9 Å². The molecule has 0 spiro atoms. The van der Waals surface area contributed by atoms with Crippen LogP contribution in [0.4, 0.5) is 26.7 Å². The Hall–Kier alpha value is -3.51. The zero-order valence-corrected chi connectivity index (χ0v) is 23.6. The molecule has 2 aromatic carbocycles. The number of aromatic nitrogens is 1. The van der Waals surface area contributed by atoms with Crippen LogP contribution in [0.5, 0.6) is 0 Å². The number of aromatic amines is 1. The van der Waals surface area contributed by atoms with Gasteiger partial charge < -0.3 is 19.7 Å². The third-order valence-corrected chi connectivity index (χ3v) is 7.78. The summed E-state index contributed by atoms with van der Waals surface area (Å²) in [5.74, 6) is -7.74. The van der Waals surface area contributed by atoms with Crippen LogP contribution >= 0.6 is 0 Å². The summed E-state index contributed by atoms with van der Waals surface area (Å²) in [5.41, 5.74) is -0.781. The molecule has 0 saturated carbocycles. The van der Waals surface area contributed by atoms with Gasteiger partial charge in [-0.1, -0.05) is 12.1 Å². The Morgan fingerprint density at radius 2 is 1.71 bits per heavy atom. The lowest BCUT2D eigenvalue weighted by molar-refractivity contribution is -0.0869. The molecule has 42 heavy (non-hydrogen) atoms. The number of carbonyl (C=O) groups excluding carboxylic acids is 2. The lowest BCUT2D eigenvalue weighted by atomic mass is 9.86. The maximum Gasteiger partial charge on any atom is 0.410 e. The SMILES string of the molecule is C[C@H]1Cc2c([nH]c3c(F)cccc23)[C@H](c2c(F)cc(C(=O)C3CN(C(=O)OC(C)(C)C)C3)cc2F)N1CC(F)(F)CO. The molecule has 0 radical (unpaired) electrons. The molecule has 3 heterocycles. The van der Waals surface area contributed by atoms with Gasteiger partial charge in [-0.05, 0) is 57.9 Å². The minimum Gasteiger partial charge on any atom is -0.444 e. The number of rotatable bonds is 6. The molecule has 1 amide bonds. The smallest absolute Gasteiger partial charge is 0.410 e. The number of hydrogen-bond acceptors (Lipinski definition) is 5. The van der Waals surface area contributed by atoms with Gasteiger partial charge in [0.1, 0.15) is 29.7 Å². The average Bonchev–Trinajstić information content (AvgIpc) is 3.22. The number of amides is 1. The van der Waals surface area contributed by atoms with Gasteiger partial charge in [-0.3, -0.25) is 9.69 Å². The fourth-order valence-corrected chi connectivity index (χ4v) is 5.76. The Morgan fingerprint density at radius 1 is 1.07 bits per heavy atom. The van der Waals surface area contributed by atoms with Gasteiger partial charge in [0.15, 0.2) is 5.78 Å². The van der Waals surface area contributed by atoms with E-state index in [1.54, 1.807) is 33.8 Å². The van der Waals surface area contributed by atoms with Crippen molar-refractivity contribution < 1.29 is 41.4 Å². The van der Waals surface area contributed by atoms with Gasteiger partial charge in [0.2, 0.25) is 0 Å². The standard InChI is InChI=1S/C30H32F5N3O4/c1-15-8-19-18-6-5-7-20(31)24(18)36-25(19)26(38(15)13-30(34,35)14-39)23-21(32)9-16(10-22(23)33)27(40)17-11-37(12-17)28(41)42-29(2,3)4/h5-7,9-10,15,17,26,36,39H,8,11-14H2,1-4H3/t15-,26-/m0/s1. The quantitative estimate of drug-likeness (QED) is 0.287. The fraction of sp³-hybridized carbons (Fsp3) is 0.467. The van der Waals surface area contributed by atoms with E-state index in [4.69, 9.17) is 4.74 Å². The second-order valence-electron chi connectivity index (χ2n) is 12.1. The molecule has 2 atom stereocenters. The van der Waals surface area contributed by atoms with Crippen molar-refractivity contribution >= 4 is 22.8 Å². The van der Waals surface area contributed by atoms with Gasteiger partial charge in [-0.25, -0.2) is 26.7 Å². The van der Waals surface area contributed by atoms with Crippen LogP contribution in [0.3, 0.4) is 0 Å². The Morgan fingerprint density at radius 3 is 2.31 bits per heavy atom. The summed E-state index contributed by atoms with van der Waals surface area (Å²) in [7, 11) is 0. The monoisotopic (exact) mass is 593 g/mol. The first-order valence-corrected chi connectivity index (χ1v) is 13.6. The summed E-state index contributed by atoms with van der Waals surface area (Å²) in [6, 6.07) is 3.97. The maximum atomic E-state index is 15.8. The fourth-order valence-electron chi connectivity index (χ4n) is 5.76. The molecular weight excluding hydrogens is 561 g/mol. The predicted molar refractivity (Wildman–Crippen MR) is 144 cm³/mol. The highest BCUT2D eigenvalue weighted by Gasteiger charge is 2.44. The summed E-state index contributed by atoms with van der Waals surface area (Å²) >= 11 is 0. The number of aliphatic hydroxyl groups is 1. The number of H-pyrrole nitrogens is 1. The second kappa shape index (κ2) is 10.6. The number of halogens is 5. The van der Waals surface area contributed by atoms with Crippen LogP contribution in [0.1, 0.15) is 60.9 Å². The number of ether oxygens (including phenoxy) is 1. The Labute approximate surface area is 239 Å². The largest absolute Gasteiger partial charge is 0.444 e. The molecule has 0 unspecified atom stereocenters. The highest BCUT2D eigenvalue weighted by Crippen LogP contribution is 2.44. The molecule has 2 aliphatic rings. The van der Waals surface area contributed by atoms with Crippen molar-refractivity contribution in [1.29, 1.82) is 0 Å². The van der Waals surface area contributed by atoms with Crippen molar-refractivity contribution in [2.24, 2.45) is 5.92 Å². The summed E-state index contributed by atoms with van der Waals surface area (Å²) < 4.78 is 80.6. The van der Waals surface area contributed by atoms with Crippen LogP contribution in [0.15, 0.2) is 30.3 Å². The van der Waals surface area contributed by atoms with E-state index < -0.39 is 77.6 Å². The topological polar surface area (TPSA) is 85.9 Å². The summed E-state index contributed by atoms with van der Waals surface area (Å²) in [6.07, 6.45) is -0.414. The second-order valence-corrected chi connectivity index (χ2v) is 12.1. The van der Waals surface area contributed by atoms with Crippen molar-refractivity contribution in [2.75, 3.05) is 26.2 Å². The van der Waals surface area contributed by atoms with Gasteiger partial charge in [-0.15, -0.1) is 0 Å². The molecule has 1 fully saturated rings. The minimum atomic E-state index is -3.59. The molecule has 2 N–H and O–H groups in total. The highest BCUT2D eigenvalue weighted by molar-refractivity contribution is 5.99. The average molecular weight is 594 g/mol. The lowest BCUT2D eigenvalue weighted by Crippen LogP contribution is -2.54. The molecule has 226 valence electrons. The molecule has 7 nitrogen and oxygen atoms in total. The lowest BCUT2D eigenvalue weighted by Gasteiger charge is -2.42. The number of Topliss-reactive ketones (excluding diaryl/α,β-unsaturated/α-hetero) is 1.